The minimum atomic E-state index is 0. The number of hydrogen-bond donors (Lipinski definition) is 0. The van der Waals surface area contributed by atoms with Crippen LogP contribution in [0.25, 0.3) is 0 Å². The predicted octanol–water partition coefficient (Wildman–Crippen LogP) is 2.30. The molecule has 0 aliphatic carbocycles. The van der Waals surface area contributed by atoms with Gasteiger partial charge in [-0.2, -0.15) is 0 Å². The summed E-state index contributed by atoms with van der Waals surface area (Å²) in [4.78, 5) is 0. The van der Waals surface area contributed by atoms with Crippen LogP contribution < -0.4 is 0 Å². The number of allylic oxidation sites excluding steroid dienone is 4. The van der Waals surface area contributed by atoms with Gasteiger partial charge in [-0.1, -0.05) is 0 Å². The van der Waals surface area contributed by atoms with E-state index in [2.05, 4.69) is 25.3 Å². The summed E-state index contributed by atoms with van der Waals surface area (Å²) < 4.78 is 0. The first-order chi connectivity index (χ1) is 3.72. The Hall–Kier alpha value is -0.0917. The van der Waals surface area contributed by atoms with Crippen LogP contribution in [0.4, 0.5) is 0 Å². The largest absolute Gasteiger partial charge is 2.00 e. The number of rotatable bonds is 2. The quantitative estimate of drug-likeness (QED) is 0.541. The van der Waals surface area contributed by atoms with Gasteiger partial charge in [-0.3, -0.25) is 0 Å². The fraction of sp³-hybridized carbons (Fsp3) is 0.250. The van der Waals surface area contributed by atoms with Crippen molar-refractivity contribution in [2.75, 3.05) is 0 Å². The predicted molar refractivity (Wildman–Crippen MR) is 36.1 cm³/mol. The van der Waals surface area contributed by atoms with E-state index < -0.39 is 0 Å². The maximum Gasteiger partial charge on any atom is 2.00 e. The van der Waals surface area contributed by atoms with Crippen molar-refractivity contribution in [3.05, 3.63) is 36.5 Å². The molecule has 0 bridgehead atoms. The second-order valence-electron chi connectivity index (χ2n) is 1.60. The van der Waals surface area contributed by atoms with Crippen LogP contribution in [0.5, 0.6) is 0 Å². The zero-order valence-corrected chi connectivity index (χ0v) is 8.76. The van der Waals surface area contributed by atoms with Gasteiger partial charge in [0.05, 0.1) is 0 Å². The van der Waals surface area contributed by atoms with Crippen LogP contribution in [0.3, 0.4) is 0 Å². The normalized spacial score (nSPS) is 10.9. The average Bonchev–Trinajstić information content (AvgIpc) is 1.84. The molecular weight excluding hydrogens is 280 g/mol. The molecule has 0 aromatic heterocycles. The summed E-state index contributed by atoms with van der Waals surface area (Å²) in [6.07, 6.45) is 5.49. The molecule has 0 nitrogen and oxygen atoms in total. The molecule has 0 N–H and O–H groups in total. The summed E-state index contributed by atoms with van der Waals surface area (Å²) in [6, 6.07) is 0. The van der Waals surface area contributed by atoms with Gasteiger partial charge in [-0.25, -0.2) is 13.2 Å². The smallest absolute Gasteiger partial charge is 0.373 e. The molecule has 0 saturated carbocycles. The van der Waals surface area contributed by atoms with Gasteiger partial charge in [0.2, 0.25) is 0 Å². The fourth-order valence-electron chi connectivity index (χ4n) is 0.265. The minimum Gasteiger partial charge on any atom is -0.373 e. The topological polar surface area (TPSA) is 0 Å². The molecule has 0 saturated heterocycles. The molecule has 0 rings (SSSR count). The summed E-state index contributed by atoms with van der Waals surface area (Å²) in [5, 5.41) is 0. The summed E-state index contributed by atoms with van der Waals surface area (Å²) in [7, 11) is 0. The van der Waals surface area contributed by atoms with Gasteiger partial charge in [-0.05, 0) is 0 Å². The van der Waals surface area contributed by atoms with E-state index in [1.807, 2.05) is 13.8 Å². The zero-order valence-electron chi connectivity index (χ0n) is 5.82. The van der Waals surface area contributed by atoms with Crippen molar-refractivity contribution < 1.29 is 21.1 Å². The third-order valence-electron chi connectivity index (χ3n) is 1.09. The monoisotopic (exact) mass is 290 g/mol. The first kappa shape index (κ1) is 11.7. The SMILES string of the molecule is C=[C-]C(C)=C(C)[C-]=C.[W+2]. The molecule has 0 unspecified atom stereocenters. The zero-order chi connectivity index (χ0) is 6.57. The Labute approximate surface area is 71.6 Å². The second-order valence-corrected chi connectivity index (χ2v) is 1.60. The molecule has 0 atom stereocenters. The Morgan fingerprint density at radius 3 is 1.33 bits per heavy atom. The molecule has 0 aliphatic heterocycles. The number of hydrogen-bond acceptors (Lipinski definition) is 0. The molecule has 0 aromatic rings. The molecular formula is C8H10W. The molecule has 1 heteroatoms. The van der Waals surface area contributed by atoms with E-state index in [4.69, 9.17) is 0 Å². The van der Waals surface area contributed by atoms with Crippen LogP contribution >= 0.6 is 0 Å². The van der Waals surface area contributed by atoms with Crippen LogP contribution in [-0.2, 0) is 21.1 Å². The van der Waals surface area contributed by atoms with Crippen molar-refractivity contribution >= 4 is 0 Å². The van der Waals surface area contributed by atoms with E-state index in [1.54, 1.807) is 0 Å². The van der Waals surface area contributed by atoms with Gasteiger partial charge >= 0.3 is 21.1 Å². The van der Waals surface area contributed by atoms with Gasteiger partial charge < -0.3 is 23.3 Å². The molecule has 0 aliphatic rings. The van der Waals surface area contributed by atoms with Gasteiger partial charge in [0, 0.05) is 0 Å². The van der Waals surface area contributed by atoms with Crippen molar-refractivity contribution in [1.82, 2.24) is 0 Å². The maximum atomic E-state index is 3.48. The van der Waals surface area contributed by atoms with Gasteiger partial charge in [-0.15, -0.1) is 13.8 Å². The van der Waals surface area contributed by atoms with E-state index in [0.29, 0.717) is 0 Å². The first-order valence-corrected chi connectivity index (χ1v) is 2.46. The minimum absolute atomic E-state index is 0. The van der Waals surface area contributed by atoms with E-state index in [-0.39, 0.29) is 21.1 Å². The molecule has 0 spiro atoms. The Bertz CT molecular complexity index is 116. The van der Waals surface area contributed by atoms with Crippen molar-refractivity contribution in [3.63, 3.8) is 0 Å². The van der Waals surface area contributed by atoms with Crippen LogP contribution in [-0.4, -0.2) is 0 Å². The Balaban J connectivity index is 0. The van der Waals surface area contributed by atoms with Gasteiger partial charge in [0.15, 0.2) is 0 Å². The molecule has 0 radical (unpaired) electrons. The van der Waals surface area contributed by atoms with Crippen LogP contribution in [0.15, 0.2) is 24.3 Å². The summed E-state index contributed by atoms with van der Waals surface area (Å²) in [6.45, 7) is 10.8. The summed E-state index contributed by atoms with van der Waals surface area (Å²) >= 11 is 0. The van der Waals surface area contributed by atoms with Crippen LogP contribution in [0.1, 0.15) is 13.8 Å². The average molecular weight is 290 g/mol. The van der Waals surface area contributed by atoms with Crippen molar-refractivity contribution in [2.24, 2.45) is 0 Å². The van der Waals surface area contributed by atoms with E-state index in [9.17, 15) is 0 Å². The van der Waals surface area contributed by atoms with Crippen molar-refractivity contribution in [3.8, 4) is 0 Å². The van der Waals surface area contributed by atoms with Crippen molar-refractivity contribution in [2.45, 2.75) is 13.8 Å². The Morgan fingerprint density at radius 1 is 1.00 bits per heavy atom. The Kier molecular flexibility index (Phi) is 7.83. The summed E-state index contributed by atoms with van der Waals surface area (Å²) in [5.74, 6) is 0. The standard InChI is InChI=1S/C8H10.W/c1-5-7(3)8(4)6-2;/h1-2H2,3-4H3;/q-2;+2. The Morgan fingerprint density at radius 2 is 1.22 bits per heavy atom. The van der Waals surface area contributed by atoms with E-state index in [1.165, 1.54) is 0 Å². The third-order valence-corrected chi connectivity index (χ3v) is 1.09. The van der Waals surface area contributed by atoms with Crippen LogP contribution in [0, 0.1) is 12.2 Å². The van der Waals surface area contributed by atoms with E-state index >= 15 is 0 Å². The van der Waals surface area contributed by atoms with Crippen LogP contribution in [0.2, 0.25) is 0 Å². The molecule has 9 heavy (non-hydrogen) atoms. The fourth-order valence-corrected chi connectivity index (χ4v) is 0.265. The maximum absolute atomic E-state index is 3.48. The molecule has 48 valence electrons. The summed E-state index contributed by atoms with van der Waals surface area (Å²) in [5.41, 5.74) is 2.03. The molecule has 0 heterocycles. The van der Waals surface area contributed by atoms with Gasteiger partial charge in [0.25, 0.3) is 0 Å². The second kappa shape index (κ2) is 6.03. The first-order valence-electron chi connectivity index (χ1n) is 2.46. The van der Waals surface area contributed by atoms with Gasteiger partial charge in [0.1, 0.15) is 0 Å². The molecule has 0 fully saturated rings. The molecule has 0 aromatic carbocycles. The van der Waals surface area contributed by atoms with Crippen molar-refractivity contribution in [1.29, 1.82) is 0 Å². The third kappa shape index (κ3) is 4.41. The van der Waals surface area contributed by atoms with E-state index in [0.717, 1.165) is 11.1 Å². The molecule has 0 amide bonds.